The van der Waals surface area contributed by atoms with E-state index in [4.69, 9.17) is 9.47 Å². The molecule has 0 unspecified atom stereocenters. The predicted molar refractivity (Wildman–Crippen MR) is 132 cm³/mol. The summed E-state index contributed by atoms with van der Waals surface area (Å²) in [6.45, 7) is 3.32. The van der Waals surface area contributed by atoms with Crippen LogP contribution in [0.3, 0.4) is 0 Å². The van der Waals surface area contributed by atoms with Gasteiger partial charge in [-0.3, -0.25) is 0 Å². The Morgan fingerprint density at radius 3 is 1.87 bits per heavy atom. The van der Waals surface area contributed by atoms with E-state index in [2.05, 4.69) is 6.92 Å². The van der Waals surface area contributed by atoms with E-state index in [1.807, 2.05) is 0 Å². The fraction of sp³-hybridized carbons (Fsp3) is 0.333. The minimum absolute atomic E-state index is 0.176. The van der Waals surface area contributed by atoms with Gasteiger partial charge in [0.15, 0.2) is 6.29 Å². The molecule has 1 heterocycles. The van der Waals surface area contributed by atoms with E-state index in [0.29, 0.717) is 36.8 Å². The number of benzene rings is 3. The Morgan fingerprint density at radius 1 is 0.769 bits per heavy atom. The number of halogens is 7. The van der Waals surface area contributed by atoms with Crippen molar-refractivity contribution in [1.82, 2.24) is 0 Å². The molecule has 0 aliphatic carbocycles. The van der Waals surface area contributed by atoms with Crippen LogP contribution in [0.2, 0.25) is 0 Å². The van der Waals surface area contributed by atoms with Gasteiger partial charge in [-0.1, -0.05) is 56.4 Å². The second-order valence-electron chi connectivity index (χ2n) is 9.36. The van der Waals surface area contributed by atoms with Crippen molar-refractivity contribution in [3.05, 3.63) is 82.9 Å². The summed E-state index contributed by atoms with van der Waals surface area (Å²) in [4.78, 5) is 0. The summed E-state index contributed by atoms with van der Waals surface area (Å²) >= 11 is 0. The lowest BCUT2D eigenvalue weighted by molar-refractivity contribution is -0.206. The maximum atomic E-state index is 15.0. The second kappa shape index (κ2) is 12.2. The molecule has 3 aromatic rings. The molecule has 4 rings (SSSR count). The quantitative estimate of drug-likeness (QED) is 0.166. The molecule has 0 spiro atoms. The third-order valence-electron chi connectivity index (χ3n) is 6.40. The molecule has 0 amide bonds. The average Bonchev–Trinajstić information content (AvgIpc) is 2.88. The first-order valence-corrected chi connectivity index (χ1v) is 12.5. The maximum absolute atomic E-state index is 15.0. The summed E-state index contributed by atoms with van der Waals surface area (Å²) < 4.78 is 107. The fourth-order valence-electron chi connectivity index (χ4n) is 4.40. The second-order valence-corrected chi connectivity index (χ2v) is 9.36. The van der Waals surface area contributed by atoms with Crippen molar-refractivity contribution >= 4 is 0 Å². The molecule has 1 saturated heterocycles. The Balaban J connectivity index is 1.51. The largest absolute Gasteiger partial charge is 0.458 e. The summed E-state index contributed by atoms with van der Waals surface area (Å²) in [5, 5.41) is 0. The average molecular weight is 551 g/mol. The van der Waals surface area contributed by atoms with Crippen molar-refractivity contribution in [3.8, 4) is 34.1 Å². The van der Waals surface area contributed by atoms with Crippen LogP contribution in [0.1, 0.15) is 50.0 Å². The molecule has 0 bridgehead atoms. The normalized spacial score (nSPS) is 17.5. The monoisotopic (exact) mass is 550 g/mol. The van der Waals surface area contributed by atoms with Gasteiger partial charge in [0.25, 0.3) is 0 Å². The Hall–Kier alpha value is -3.35. The van der Waals surface area contributed by atoms with Gasteiger partial charge in [-0.15, -0.1) is 0 Å². The van der Waals surface area contributed by atoms with Gasteiger partial charge < -0.3 is 9.47 Å². The van der Waals surface area contributed by atoms with Gasteiger partial charge in [0.1, 0.15) is 23.3 Å². The van der Waals surface area contributed by atoms with E-state index in [1.165, 1.54) is 12.3 Å². The molecule has 0 N–H and O–H groups in total. The third kappa shape index (κ3) is 7.20. The van der Waals surface area contributed by atoms with Gasteiger partial charge in [0, 0.05) is 17.4 Å². The van der Waals surface area contributed by atoms with E-state index in [9.17, 15) is 30.7 Å². The highest BCUT2D eigenvalue weighted by molar-refractivity contribution is 5.72. The topological polar surface area (TPSA) is 18.5 Å². The third-order valence-corrected chi connectivity index (χ3v) is 6.40. The van der Waals surface area contributed by atoms with E-state index >= 15 is 0 Å². The van der Waals surface area contributed by atoms with Gasteiger partial charge in [0.2, 0.25) is 0 Å². The van der Waals surface area contributed by atoms with Crippen LogP contribution < -0.4 is 0 Å². The number of hydrogen-bond donors (Lipinski definition) is 0. The zero-order valence-corrected chi connectivity index (χ0v) is 21.0. The van der Waals surface area contributed by atoms with Crippen LogP contribution in [0, 0.1) is 41.0 Å². The molecule has 2 nitrogen and oxygen atoms in total. The molecule has 1 aliphatic heterocycles. The first-order valence-electron chi connectivity index (χ1n) is 12.5. The fourth-order valence-corrected chi connectivity index (χ4v) is 4.40. The lowest BCUT2D eigenvalue weighted by Crippen LogP contribution is -2.27. The zero-order valence-electron chi connectivity index (χ0n) is 21.0. The molecule has 0 atom stereocenters. The molecular weight excluding hydrogens is 525 g/mol. The van der Waals surface area contributed by atoms with Crippen LogP contribution in [-0.2, 0) is 9.47 Å². The first-order chi connectivity index (χ1) is 18.6. The highest BCUT2D eigenvalue weighted by atomic mass is 19.4. The SMILES string of the molecule is CCCCCC1COC(c2ccc(-c3cc(F)c(-c4cc(F)c(C#CC(F)(F)F)c(F)c4)c(F)c3)cc2)OC1. The minimum atomic E-state index is -4.96. The number of ether oxygens (including phenoxy) is 2. The van der Waals surface area contributed by atoms with Crippen LogP contribution in [0.25, 0.3) is 22.3 Å². The first kappa shape index (κ1) is 28.7. The molecule has 39 heavy (non-hydrogen) atoms. The lowest BCUT2D eigenvalue weighted by Gasteiger charge is -2.29. The molecule has 0 aromatic heterocycles. The van der Waals surface area contributed by atoms with Crippen LogP contribution in [0.15, 0.2) is 48.5 Å². The number of alkyl halides is 3. The number of unbranched alkanes of at least 4 members (excludes halogenated alkanes) is 2. The summed E-state index contributed by atoms with van der Waals surface area (Å²) in [6.07, 6.45) is -1.01. The molecular formula is C30H25F7O2. The van der Waals surface area contributed by atoms with Crippen molar-refractivity contribution in [3.63, 3.8) is 0 Å². The maximum Gasteiger partial charge on any atom is 0.458 e. The van der Waals surface area contributed by atoms with Gasteiger partial charge in [0.05, 0.1) is 24.3 Å². The van der Waals surface area contributed by atoms with E-state index < -0.39 is 52.4 Å². The lowest BCUT2D eigenvalue weighted by atomic mass is 9.97. The van der Waals surface area contributed by atoms with Crippen LogP contribution in [0.4, 0.5) is 30.7 Å². The Morgan fingerprint density at radius 2 is 1.33 bits per heavy atom. The van der Waals surface area contributed by atoms with Crippen molar-refractivity contribution in [2.75, 3.05) is 13.2 Å². The van der Waals surface area contributed by atoms with Crippen molar-refractivity contribution in [2.24, 2.45) is 5.92 Å². The van der Waals surface area contributed by atoms with E-state index in [-0.39, 0.29) is 5.56 Å². The van der Waals surface area contributed by atoms with Gasteiger partial charge in [-0.05, 0) is 47.4 Å². The Kier molecular flexibility index (Phi) is 8.98. The highest BCUT2D eigenvalue weighted by Crippen LogP contribution is 2.34. The minimum Gasteiger partial charge on any atom is -0.348 e. The zero-order chi connectivity index (χ0) is 28.2. The molecule has 0 radical (unpaired) electrons. The molecule has 1 aliphatic rings. The van der Waals surface area contributed by atoms with Crippen LogP contribution >= 0.6 is 0 Å². The van der Waals surface area contributed by atoms with Crippen LogP contribution in [-0.4, -0.2) is 19.4 Å². The van der Waals surface area contributed by atoms with E-state index in [1.54, 1.807) is 24.3 Å². The number of hydrogen-bond acceptors (Lipinski definition) is 2. The van der Waals surface area contributed by atoms with Crippen LogP contribution in [0.5, 0.6) is 0 Å². The summed E-state index contributed by atoms with van der Waals surface area (Å²) in [6, 6.07) is 9.85. The van der Waals surface area contributed by atoms with Gasteiger partial charge in [-0.2, -0.15) is 13.2 Å². The predicted octanol–water partition coefficient (Wildman–Crippen LogP) is 8.73. The van der Waals surface area contributed by atoms with Crippen molar-refractivity contribution in [1.29, 1.82) is 0 Å². The Labute approximate surface area is 221 Å². The molecule has 0 saturated carbocycles. The van der Waals surface area contributed by atoms with Crippen molar-refractivity contribution in [2.45, 2.75) is 45.1 Å². The van der Waals surface area contributed by atoms with E-state index in [0.717, 1.165) is 42.9 Å². The molecule has 9 heteroatoms. The highest BCUT2D eigenvalue weighted by Gasteiger charge is 2.25. The number of rotatable bonds is 7. The van der Waals surface area contributed by atoms with Gasteiger partial charge >= 0.3 is 6.18 Å². The van der Waals surface area contributed by atoms with Gasteiger partial charge in [-0.25, -0.2) is 17.6 Å². The van der Waals surface area contributed by atoms with Crippen molar-refractivity contribution < 1.29 is 40.2 Å². The smallest absolute Gasteiger partial charge is 0.348 e. The summed E-state index contributed by atoms with van der Waals surface area (Å²) in [7, 11) is 0. The summed E-state index contributed by atoms with van der Waals surface area (Å²) in [5.74, 6) is -2.66. The summed E-state index contributed by atoms with van der Waals surface area (Å²) in [5.41, 5.74) is -0.976. The Bertz CT molecular complexity index is 1320. The molecule has 1 fully saturated rings. The standard InChI is InChI=1S/C30H25F7O2/c1-2-3-4-5-18-16-38-29(39-17-18)20-8-6-19(7-9-20)21-12-26(33)28(27(34)13-21)22-14-24(31)23(25(32)15-22)10-11-30(35,36)37/h6-9,12-15,18,29H,2-5,16-17H2,1H3. The molecule has 206 valence electrons. The molecule has 3 aromatic carbocycles.